The van der Waals surface area contributed by atoms with E-state index in [2.05, 4.69) is 31.6 Å². The SMILES string of the molecule is Nc1ccc(Nc2cc(N=C3C=CC(=O)C=C3)c(N)cc2N)cc1.Nc1ccc(Nc2cc(Nc3ccc(O)cc3)c(N)cc2N)cc1.Nc1ccc(Nc2cc(Nc3ccc(O)cc3)c([N+](=O)[O-])cc2[N+](=O)[O-])cc1. The molecule has 9 rings (SSSR count). The fourth-order valence-electron chi connectivity index (χ4n) is 6.98. The number of nitrogens with two attached hydrogens (primary N) is 7. The predicted octanol–water partition coefficient (Wildman–Crippen LogP) is 10.8. The molecule has 0 aromatic heterocycles. The van der Waals surface area contributed by atoms with Gasteiger partial charge in [-0.15, -0.1) is 0 Å². The van der Waals surface area contributed by atoms with E-state index < -0.39 is 21.2 Å². The molecule has 21 N–H and O–H groups in total. The zero-order valence-corrected chi connectivity index (χ0v) is 40.1. The second kappa shape index (κ2) is 23.7. The summed E-state index contributed by atoms with van der Waals surface area (Å²) < 4.78 is 0. The van der Waals surface area contributed by atoms with Gasteiger partial charge in [-0.2, -0.15) is 0 Å². The third-order valence-electron chi connectivity index (χ3n) is 10.9. The van der Waals surface area contributed by atoms with Crippen molar-refractivity contribution in [3.63, 3.8) is 0 Å². The number of rotatable bonds is 13. The van der Waals surface area contributed by atoms with Crippen LogP contribution in [0.1, 0.15) is 0 Å². The zero-order valence-electron chi connectivity index (χ0n) is 40.1. The second-order valence-corrected chi connectivity index (χ2v) is 16.6. The fourth-order valence-corrected chi connectivity index (χ4v) is 6.98. The molecule has 0 atom stereocenters. The Morgan fingerprint density at radius 3 is 1.04 bits per heavy atom. The Kier molecular flexibility index (Phi) is 16.3. The monoisotopic (exact) mass is 1020 g/mol. The highest BCUT2D eigenvalue weighted by Gasteiger charge is 2.25. The van der Waals surface area contributed by atoms with Gasteiger partial charge in [0, 0.05) is 45.5 Å². The van der Waals surface area contributed by atoms with Gasteiger partial charge >= 0.3 is 0 Å². The van der Waals surface area contributed by atoms with Gasteiger partial charge < -0.3 is 76.9 Å². The molecule has 0 saturated heterocycles. The van der Waals surface area contributed by atoms with Crippen LogP contribution in [0.25, 0.3) is 0 Å². The van der Waals surface area contributed by atoms with E-state index in [1.165, 1.54) is 42.5 Å². The van der Waals surface area contributed by atoms with Crippen molar-refractivity contribution in [2.24, 2.45) is 4.99 Å². The molecule has 0 amide bonds. The Hall–Kier alpha value is -11.4. The number of carbonyl (C=O) groups excluding carboxylic acids is 1. The number of ketones is 1. The summed E-state index contributed by atoms with van der Waals surface area (Å²) in [4.78, 5) is 37.1. The molecule has 0 radical (unpaired) electrons. The molecule has 0 aliphatic heterocycles. The van der Waals surface area contributed by atoms with Crippen molar-refractivity contribution in [2.45, 2.75) is 0 Å². The summed E-state index contributed by atoms with van der Waals surface area (Å²) >= 11 is 0. The lowest BCUT2D eigenvalue weighted by molar-refractivity contribution is -0.393. The number of hydrogen-bond donors (Lipinski definition) is 14. The van der Waals surface area contributed by atoms with Gasteiger partial charge in [0.15, 0.2) is 5.78 Å². The van der Waals surface area contributed by atoms with Crippen molar-refractivity contribution >= 4 is 125 Å². The molecular weight excluding hydrogens is 971 g/mol. The number of aliphatic imine (C=N–C) groups is 1. The topological polar surface area (TPSA) is 398 Å². The number of nitro benzene ring substituents is 2. The van der Waals surface area contributed by atoms with Crippen LogP contribution in [-0.2, 0) is 4.79 Å². The summed E-state index contributed by atoms with van der Waals surface area (Å²) in [6.07, 6.45) is 6.20. The first-order valence-corrected chi connectivity index (χ1v) is 22.7. The van der Waals surface area contributed by atoms with Crippen LogP contribution in [0.4, 0.5) is 114 Å². The van der Waals surface area contributed by atoms with E-state index in [1.54, 1.807) is 91.0 Å². The summed E-state index contributed by atoms with van der Waals surface area (Å²) in [5, 5.41) is 57.0. The van der Waals surface area contributed by atoms with Crippen LogP contribution in [0.5, 0.6) is 11.5 Å². The maximum absolute atomic E-state index is 11.4. The highest BCUT2D eigenvalue weighted by molar-refractivity contribution is 6.17. The Morgan fingerprint density at radius 1 is 0.382 bits per heavy atom. The second-order valence-electron chi connectivity index (χ2n) is 16.6. The van der Waals surface area contributed by atoms with Gasteiger partial charge in [-0.25, -0.2) is 4.99 Å². The average molecular weight is 1020 g/mol. The van der Waals surface area contributed by atoms with Gasteiger partial charge in [0.25, 0.3) is 11.4 Å². The number of phenolic OH excluding ortho intramolecular Hbond substituents is 2. The van der Waals surface area contributed by atoms with Crippen molar-refractivity contribution in [1.29, 1.82) is 0 Å². The lowest BCUT2D eigenvalue weighted by Gasteiger charge is -2.15. The number of nitrogens with one attached hydrogen (secondary N) is 5. The van der Waals surface area contributed by atoms with E-state index >= 15 is 0 Å². The maximum Gasteiger partial charge on any atom is 0.299 e. The first kappa shape index (κ1) is 52.4. The average Bonchev–Trinajstić information content (AvgIpc) is 3.38. The lowest BCUT2D eigenvalue weighted by Crippen LogP contribution is -2.03. The van der Waals surface area contributed by atoms with E-state index in [0.717, 1.165) is 28.8 Å². The van der Waals surface area contributed by atoms with E-state index in [1.807, 2.05) is 42.5 Å². The van der Waals surface area contributed by atoms with E-state index in [0.29, 0.717) is 74.0 Å². The van der Waals surface area contributed by atoms with Gasteiger partial charge in [0.05, 0.1) is 67.1 Å². The minimum Gasteiger partial charge on any atom is -0.508 e. The van der Waals surface area contributed by atoms with Crippen LogP contribution in [0.2, 0.25) is 0 Å². The molecule has 76 heavy (non-hydrogen) atoms. The number of nitrogens with zero attached hydrogens (tertiary/aromatic N) is 3. The molecule has 22 nitrogen and oxygen atoms in total. The molecule has 0 spiro atoms. The molecule has 8 aromatic carbocycles. The molecule has 8 aromatic rings. The minimum absolute atomic E-state index is 0.0365. The third-order valence-corrected chi connectivity index (χ3v) is 10.9. The summed E-state index contributed by atoms with van der Waals surface area (Å²) in [7, 11) is 0. The first-order chi connectivity index (χ1) is 36.3. The van der Waals surface area contributed by atoms with Gasteiger partial charge in [0.2, 0.25) is 0 Å². The van der Waals surface area contributed by atoms with Crippen LogP contribution >= 0.6 is 0 Å². The number of benzene rings is 8. The number of carbonyl (C=O) groups is 1. The highest BCUT2D eigenvalue weighted by atomic mass is 16.6. The number of nitrogen functional groups attached to an aromatic ring is 7. The minimum atomic E-state index is -0.706. The molecule has 384 valence electrons. The van der Waals surface area contributed by atoms with Gasteiger partial charge in [-0.1, -0.05) is 0 Å². The van der Waals surface area contributed by atoms with Crippen molar-refractivity contribution in [1.82, 2.24) is 0 Å². The van der Waals surface area contributed by atoms with Crippen molar-refractivity contribution in [2.75, 3.05) is 66.7 Å². The molecule has 1 aliphatic rings. The Labute approximate surface area is 434 Å². The number of allylic oxidation sites excluding steroid dienone is 4. The zero-order chi connectivity index (χ0) is 54.5. The third kappa shape index (κ3) is 14.4. The number of hydrogen-bond acceptors (Lipinski definition) is 20. The fraction of sp³-hybridized carbons (Fsp3) is 0. The van der Waals surface area contributed by atoms with Gasteiger partial charge in [-0.3, -0.25) is 25.0 Å². The Morgan fingerprint density at radius 2 is 0.684 bits per heavy atom. The quantitative estimate of drug-likeness (QED) is 0.0168. The Bertz CT molecular complexity index is 3330. The largest absolute Gasteiger partial charge is 0.508 e. The Balaban J connectivity index is 0.000000167. The molecule has 0 saturated carbocycles. The van der Waals surface area contributed by atoms with Crippen molar-refractivity contribution < 1.29 is 24.9 Å². The van der Waals surface area contributed by atoms with Crippen molar-refractivity contribution in [3.05, 3.63) is 202 Å². The molecular formula is C54H51N15O7. The van der Waals surface area contributed by atoms with Gasteiger partial charge in [0.1, 0.15) is 22.9 Å². The van der Waals surface area contributed by atoms with E-state index in [9.17, 15) is 35.2 Å². The molecule has 0 heterocycles. The van der Waals surface area contributed by atoms with E-state index in [-0.39, 0.29) is 28.7 Å². The van der Waals surface area contributed by atoms with Gasteiger partial charge in [-0.05, 0) is 176 Å². The number of phenols is 2. The standard InChI is InChI=1S/C18H15N5O5.C18H19N5O.C18H17N5O/c19-11-1-3-12(4-2-11)20-15-9-16(21-13-5-7-14(24)8-6-13)18(23(27)28)10-17(15)22(25)26;2*19-11-1-3-12(4-2-11)22-17-10-18(16(21)9-15(17)20)23-13-5-7-14(24)8-6-13/h1-10,20-21,24H,19H2;1-10,22-24H,19-21H2;1-10,22H,19-21H2. The van der Waals surface area contributed by atoms with Crippen LogP contribution in [0.15, 0.2) is 187 Å². The summed E-state index contributed by atoms with van der Waals surface area (Å²) in [5.41, 5.74) is 51.2. The maximum atomic E-state index is 11.4. The van der Waals surface area contributed by atoms with Crippen LogP contribution in [0, 0.1) is 20.2 Å². The molecule has 22 heteroatoms. The smallest absolute Gasteiger partial charge is 0.299 e. The molecule has 0 bridgehead atoms. The predicted molar refractivity (Wildman–Crippen MR) is 306 cm³/mol. The van der Waals surface area contributed by atoms with Crippen LogP contribution in [-0.4, -0.2) is 31.6 Å². The summed E-state index contributed by atoms with van der Waals surface area (Å²) in [6.45, 7) is 0. The lowest BCUT2D eigenvalue weighted by atomic mass is 10.1. The van der Waals surface area contributed by atoms with Crippen LogP contribution in [0.3, 0.4) is 0 Å². The number of nitro groups is 2. The summed E-state index contributed by atoms with van der Waals surface area (Å²) in [5.74, 6) is 0.177. The molecule has 0 unspecified atom stereocenters. The normalized spacial score (nSPS) is 11.2. The van der Waals surface area contributed by atoms with Crippen molar-refractivity contribution in [3.8, 4) is 11.5 Å². The van der Waals surface area contributed by atoms with Crippen LogP contribution < -0.4 is 66.7 Å². The first-order valence-electron chi connectivity index (χ1n) is 22.7. The van der Waals surface area contributed by atoms with E-state index in [4.69, 9.17) is 40.1 Å². The molecule has 1 aliphatic carbocycles. The number of aromatic hydroxyl groups is 2. The number of anilines is 17. The molecule has 0 fully saturated rings. The highest BCUT2D eigenvalue weighted by Crippen LogP contribution is 2.40. The summed E-state index contributed by atoms with van der Waals surface area (Å²) in [6, 6.07) is 42.9.